The number of esters is 1. The van der Waals surface area contributed by atoms with E-state index in [2.05, 4.69) is 31.9 Å². The number of ether oxygens (including phenoxy) is 3. The van der Waals surface area contributed by atoms with Gasteiger partial charge in [0.25, 0.3) is 0 Å². The van der Waals surface area contributed by atoms with Gasteiger partial charge in [-0.3, -0.25) is 4.79 Å². The van der Waals surface area contributed by atoms with E-state index >= 15 is 0 Å². The Balaban J connectivity index is 2.34. The first-order valence-corrected chi connectivity index (χ1v) is 17.7. The third-order valence-electron chi connectivity index (χ3n) is 7.38. The van der Waals surface area contributed by atoms with Crippen LogP contribution in [0.5, 0.6) is 0 Å². The highest BCUT2D eigenvalue weighted by Crippen LogP contribution is 2.21. The third-order valence-corrected chi connectivity index (χ3v) is 7.38. The van der Waals surface area contributed by atoms with Gasteiger partial charge in [0, 0.05) is 13.1 Å². The summed E-state index contributed by atoms with van der Waals surface area (Å²) in [5, 5.41) is 18.9. The predicted octanol–water partition coefficient (Wildman–Crippen LogP) is 1.59. The van der Waals surface area contributed by atoms with Crippen LogP contribution in [0.4, 0.5) is 9.59 Å². The Labute approximate surface area is 287 Å². The van der Waals surface area contributed by atoms with E-state index in [1.807, 2.05) is 30.3 Å². The van der Waals surface area contributed by atoms with E-state index in [0.717, 1.165) is 109 Å². The van der Waals surface area contributed by atoms with Crippen molar-refractivity contribution in [2.45, 2.75) is 64.9 Å². The van der Waals surface area contributed by atoms with E-state index in [-0.39, 0.29) is 19.8 Å². The summed E-state index contributed by atoms with van der Waals surface area (Å²) < 4.78 is 16.3. The molecule has 0 aliphatic rings. The largest absolute Gasteiger partial charge is 0.460 e. The minimum atomic E-state index is -1.40. The average Bonchev–Trinajstić information content (AvgIpc) is 3.10. The number of unbranched alkanes of at least 4 members (excludes halogenated alkanes) is 2. The molecule has 0 radical (unpaired) electrons. The highest BCUT2D eigenvalue weighted by Gasteiger charge is 2.38. The Kier molecular flexibility index (Phi) is 27.0. The second-order valence-electron chi connectivity index (χ2n) is 12.0. The van der Waals surface area contributed by atoms with E-state index in [0.29, 0.717) is 26.2 Å². The molecule has 276 valence electrons. The van der Waals surface area contributed by atoms with Gasteiger partial charge < -0.3 is 57.6 Å². The number of carbonyl (C=O) groups excluding carboxylic acids is 3. The van der Waals surface area contributed by atoms with Crippen molar-refractivity contribution in [3.63, 3.8) is 0 Å². The molecule has 0 aromatic heterocycles. The number of alkyl carbamates (subject to hydrolysis) is 2. The van der Waals surface area contributed by atoms with E-state index in [4.69, 9.17) is 25.7 Å². The molecule has 1 rings (SSSR count). The molecule has 48 heavy (non-hydrogen) atoms. The third kappa shape index (κ3) is 24.2. The summed E-state index contributed by atoms with van der Waals surface area (Å²) in [6, 6.07) is 9.25. The number of hydrogen-bond donors (Lipinski definition) is 8. The molecule has 10 N–H and O–H groups in total. The number of nitrogens with one attached hydrogen (secondary N) is 6. The summed E-state index contributed by atoms with van der Waals surface area (Å²) >= 11 is 0. The van der Waals surface area contributed by atoms with Gasteiger partial charge in [-0.15, -0.1) is 0 Å². The lowest BCUT2D eigenvalue weighted by Crippen LogP contribution is -2.42. The molecule has 0 aliphatic heterocycles. The van der Waals surface area contributed by atoms with Gasteiger partial charge in [0.1, 0.15) is 25.2 Å². The van der Waals surface area contributed by atoms with Gasteiger partial charge in [-0.1, -0.05) is 30.3 Å². The van der Waals surface area contributed by atoms with Crippen LogP contribution in [0.3, 0.4) is 0 Å². The van der Waals surface area contributed by atoms with Crippen LogP contribution in [0.1, 0.15) is 63.9 Å². The molecule has 0 spiro atoms. The van der Waals surface area contributed by atoms with Crippen LogP contribution in [0.25, 0.3) is 0 Å². The number of hydrogen-bond acceptors (Lipinski definition) is 12. The maximum atomic E-state index is 13.1. The number of amides is 2. The number of rotatable bonds is 31. The SMILES string of the molecule is CC(COC(=O)NCCCNCCCCNCCCN)(COC(=O)NCCCNCCCCNCCCN)C(=O)OCc1ccccc1. The van der Waals surface area contributed by atoms with Crippen LogP contribution in [0, 0.1) is 5.41 Å². The molecule has 0 saturated heterocycles. The Bertz CT molecular complexity index is 899. The molecule has 0 atom stereocenters. The van der Waals surface area contributed by atoms with Crippen molar-refractivity contribution in [2.75, 3.05) is 91.8 Å². The zero-order valence-electron chi connectivity index (χ0n) is 29.3. The second-order valence-corrected chi connectivity index (χ2v) is 12.0. The molecule has 0 bridgehead atoms. The molecule has 1 aromatic rings. The summed E-state index contributed by atoms with van der Waals surface area (Å²) in [6.07, 6.45) is 6.45. The monoisotopic (exact) mass is 680 g/mol. The molecule has 14 heteroatoms. The van der Waals surface area contributed by atoms with Gasteiger partial charge in [-0.2, -0.15) is 0 Å². The summed E-state index contributed by atoms with van der Waals surface area (Å²) in [4.78, 5) is 37.9. The van der Waals surface area contributed by atoms with Gasteiger partial charge in [-0.25, -0.2) is 9.59 Å². The Morgan fingerprint density at radius 2 is 0.958 bits per heavy atom. The van der Waals surface area contributed by atoms with E-state index < -0.39 is 23.6 Å². The summed E-state index contributed by atoms with van der Waals surface area (Å²) in [7, 11) is 0. The van der Waals surface area contributed by atoms with Crippen LogP contribution in [-0.2, 0) is 25.6 Å². The minimum absolute atomic E-state index is 0.0449. The second kappa shape index (κ2) is 30.1. The van der Waals surface area contributed by atoms with Crippen LogP contribution < -0.4 is 43.4 Å². The Hall–Kier alpha value is -3.01. The molecule has 1 aromatic carbocycles. The minimum Gasteiger partial charge on any atom is -0.460 e. The lowest BCUT2D eigenvalue weighted by molar-refractivity contribution is -0.161. The first kappa shape index (κ1) is 43.0. The van der Waals surface area contributed by atoms with Crippen molar-refractivity contribution in [1.82, 2.24) is 31.9 Å². The molecule has 2 amide bonds. The highest BCUT2D eigenvalue weighted by atomic mass is 16.6. The fraction of sp³-hybridized carbons (Fsp3) is 0.735. The average molecular weight is 681 g/mol. The van der Waals surface area contributed by atoms with E-state index in [9.17, 15) is 14.4 Å². The molecular weight excluding hydrogens is 616 g/mol. The smallest absolute Gasteiger partial charge is 0.407 e. The normalized spacial score (nSPS) is 11.2. The fourth-order valence-corrected chi connectivity index (χ4v) is 4.37. The summed E-state index contributed by atoms with van der Waals surface area (Å²) in [5.41, 5.74) is 10.4. The number of nitrogens with two attached hydrogens (primary N) is 2. The van der Waals surface area contributed by atoms with Crippen LogP contribution in [0.15, 0.2) is 30.3 Å². The quantitative estimate of drug-likeness (QED) is 0.0320. The predicted molar refractivity (Wildman–Crippen MR) is 190 cm³/mol. The standard InChI is InChI=1S/C34H64N8O6/c1-34(31(43)46-27-30-13-3-2-4-14-30,28-47-32(44)41-25-11-23-39-19-7-5-17-37-21-9-15-35)29-48-33(45)42-26-12-24-40-20-8-6-18-38-22-10-16-36/h2-4,13-14,37-40H,5-12,15-29,35-36H2,1H3,(H,41,44)(H,42,45). The molecular formula is C34H64N8O6. The molecule has 0 fully saturated rings. The molecule has 0 unspecified atom stereocenters. The van der Waals surface area contributed by atoms with Crippen molar-refractivity contribution in [2.24, 2.45) is 16.9 Å². The van der Waals surface area contributed by atoms with E-state index in [1.54, 1.807) is 6.92 Å². The zero-order chi connectivity index (χ0) is 35.0. The Morgan fingerprint density at radius 1 is 0.562 bits per heavy atom. The summed E-state index contributed by atoms with van der Waals surface area (Å²) in [6.45, 7) is 10.4. The van der Waals surface area contributed by atoms with Crippen molar-refractivity contribution >= 4 is 18.2 Å². The highest BCUT2D eigenvalue weighted by molar-refractivity contribution is 5.78. The molecule has 0 heterocycles. The Morgan fingerprint density at radius 3 is 1.38 bits per heavy atom. The van der Waals surface area contributed by atoms with Gasteiger partial charge in [0.05, 0.1) is 0 Å². The topological polar surface area (TPSA) is 203 Å². The van der Waals surface area contributed by atoms with Gasteiger partial charge >= 0.3 is 18.2 Å². The maximum absolute atomic E-state index is 13.1. The first-order chi connectivity index (χ1) is 23.4. The summed E-state index contributed by atoms with van der Waals surface area (Å²) in [5.74, 6) is -0.635. The molecule has 0 aliphatic carbocycles. The fourth-order valence-electron chi connectivity index (χ4n) is 4.37. The molecule has 14 nitrogen and oxygen atoms in total. The van der Waals surface area contributed by atoms with Crippen molar-refractivity contribution < 1.29 is 28.6 Å². The van der Waals surface area contributed by atoms with Crippen LogP contribution >= 0.6 is 0 Å². The van der Waals surface area contributed by atoms with E-state index in [1.165, 1.54) is 0 Å². The van der Waals surface area contributed by atoms with Gasteiger partial charge in [0.15, 0.2) is 0 Å². The van der Waals surface area contributed by atoms with Crippen molar-refractivity contribution in [1.29, 1.82) is 0 Å². The zero-order valence-corrected chi connectivity index (χ0v) is 29.3. The molecule has 0 saturated carbocycles. The van der Waals surface area contributed by atoms with Gasteiger partial charge in [-0.05, 0) is 129 Å². The van der Waals surface area contributed by atoms with Gasteiger partial charge in [0.2, 0.25) is 0 Å². The van der Waals surface area contributed by atoms with Crippen molar-refractivity contribution in [3.05, 3.63) is 35.9 Å². The van der Waals surface area contributed by atoms with Crippen LogP contribution in [-0.4, -0.2) is 110 Å². The lowest BCUT2D eigenvalue weighted by Gasteiger charge is -2.26. The lowest BCUT2D eigenvalue weighted by atomic mass is 9.93. The van der Waals surface area contributed by atoms with Crippen molar-refractivity contribution in [3.8, 4) is 0 Å². The first-order valence-electron chi connectivity index (χ1n) is 17.7. The maximum Gasteiger partial charge on any atom is 0.407 e. The number of benzene rings is 1. The number of carbonyl (C=O) groups is 3. The van der Waals surface area contributed by atoms with Crippen LogP contribution in [0.2, 0.25) is 0 Å².